The molecule has 2 aromatic rings. The highest BCUT2D eigenvalue weighted by atomic mass is 16.2. The molecule has 1 aromatic carbocycles. The molecule has 0 bridgehead atoms. The molecule has 0 aliphatic rings. The summed E-state index contributed by atoms with van der Waals surface area (Å²) in [5.41, 5.74) is 6.79. The maximum absolute atomic E-state index is 11.4. The largest absolute Gasteiger partial charge is 0.378 e. The summed E-state index contributed by atoms with van der Waals surface area (Å²) in [5.74, 6) is -0.769. The number of H-pyrrole nitrogens is 1. The van der Waals surface area contributed by atoms with E-state index in [0.29, 0.717) is 5.69 Å². The van der Waals surface area contributed by atoms with E-state index in [9.17, 15) is 9.59 Å². The number of carbonyl (C=O) groups is 1. The maximum atomic E-state index is 11.4. The predicted octanol–water partition coefficient (Wildman–Crippen LogP) is 0.602. The van der Waals surface area contributed by atoms with Crippen LogP contribution in [0.3, 0.4) is 0 Å². The van der Waals surface area contributed by atoms with Crippen molar-refractivity contribution in [2.75, 3.05) is 19.0 Å². The average Bonchev–Trinajstić information content (AvgIpc) is 2.39. The van der Waals surface area contributed by atoms with E-state index in [0.717, 1.165) is 11.3 Å². The Labute approximate surface area is 109 Å². The van der Waals surface area contributed by atoms with E-state index in [1.165, 1.54) is 6.07 Å². The molecule has 1 heterocycles. The Kier molecular flexibility index (Phi) is 3.33. The van der Waals surface area contributed by atoms with E-state index in [1.54, 1.807) is 0 Å². The van der Waals surface area contributed by atoms with Crippen molar-refractivity contribution < 1.29 is 4.79 Å². The molecule has 0 aliphatic heterocycles. The summed E-state index contributed by atoms with van der Waals surface area (Å²) >= 11 is 0. The van der Waals surface area contributed by atoms with Crippen molar-refractivity contribution in [1.82, 2.24) is 10.2 Å². The zero-order valence-electron chi connectivity index (χ0n) is 10.7. The quantitative estimate of drug-likeness (QED) is 0.843. The van der Waals surface area contributed by atoms with E-state index in [4.69, 9.17) is 5.73 Å². The van der Waals surface area contributed by atoms with Crippen LogP contribution < -0.4 is 16.2 Å². The zero-order chi connectivity index (χ0) is 14.0. The molecule has 0 spiro atoms. The molecule has 19 heavy (non-hydrogen) atoms. The summed E-state index contributed by atoms with van der Waals surface area (Å²) in [6.07, 6.45) is 0. The van der Waals surface area contributed by atoms with Crippen LogP contribution in [0.25, 0.3) is 11.3 Å². The van der Waals surface area contributed by atoms with Crippen LogP contribution >= 0.6 is 0 Å². The van der Waals surface area contributed by atoms with Gasteiger partial charge in [-0.25, -0.2) is 5.10 Å². The van der Waals surface area contributed by atoms with E-state index in [1.807, 2.05) is 43.3 Å². The number of carbonyl (C=O) groups excluding carboxylic acids is 1. The van der Waals surface area contributed by atoms with E-state index < -0.39 is 11.5 Å². The summed E-state index contributed by atoms with van der Waals surface area (Å²) in [6.45, 7) is 0. The topological polar surface area (TPSA) is 92.1 Å². The van der Waals surface area contributed by atoms with Gasteiger partial charge in [0.05, 0.1) is 5.69 Å². The summed E-state index contributed by atoms with van der Waals surface area (Å²) < 4.78 is 0. The Hall–Kier alpha value is -2.63. The predicted molar refractivity (Wildman–Crippen MR) is 73.1 cm³/mol. The van der Waals surface area contributed by atoms with E-state index in [-0.39, 0.29) is 5.56 Å². The van der Waals surface area contributed by atoms with Crippen LogP contribution in [0.2, 0.25) is 0 Å². The van der Waals surface area contributed by atoms with Crippen LogP contribution in [0.15, 0.2) is 35.1 Å². The molecule has 0 aliphatic carbocycles. The van der Waals surface area contributed by atoms with Crippen LogP contribution in [0.4, 0.5) is 5.69 Å². The monoisotopic (exact) mass is 258 g/mol. The van der Waals surface area contributed by atoms with Gasteiger partial charge in [0.25, 0.3) is 11.5 Å². The van der Waals surface area contributed by atoms with Crippen molar-refractivity contribution >= 4 is 11.6 Å². The van der Waals surface area contributed by atoms with Gasteiger partial charge in [-0.2, -0.15) is 5.10 Å². The molecule has 1 amide bonds. The number of aromatic amines is 1. The van der Waals surface area contributed by atoms with E-state index >= 15 is 0 Å². The van der Waals surface area contributed by atoms with Crippen LogP contribution in [-0.4, -0.2) is 30.2 Å². The van der Waals surface area contributed by atoms with Gasteiger partial charge in [-0.3, -0.25) is 9.59 Å². The second-order valence-electron chi connectivity index (χ2n) is 4.30. The molecule has 0 atom stereocenters. The first-order chi connectivity index (χ1) is 8.99. The number of amides is 1. The van der Waals surface area contributed by atoms with Gasteiger partial charge in [0.1, 0.15) is 5.56 Å². The van der Waals surface area contributed by atoms with Gasteiger partial charge in [-0.15, -0.1) is 0 Å². The summed E-state index contributed by atoms with van der Waals surface area (Å²) in [4.78, 5) is 24.4. The van der Waals surface area contributed by atoms with Gasteiger partial charge in [0.15, 0.2) is 0 Å². The third-order valence-corrected chi connectivity index (χ3v) is 2.75. The lowest BCUT2D eigenvalue weighted by Gasteiger charge is -2.12. The number of nitrogens with zero attached hydrogens (tertiary/aromatic N) is 2. The number of hydrogen-bond donors (Lipinski definition) is 2. The number of nitrogens with one attached hydrogen (secondary N) is 1. The minimum atomic E-state index is -0.769. The van der Waals surface area contributed by atoms with Gasteiger partial charge in [0.2, 0.25) is 0 Å². The number of anilines is 1. The lowest BCUT2D eigenvalue weighted by atomic mass is 10.1. The van der Waals surface area contributed by atoms with Gasteiger partial charge >= 0.3 is 0 Å². The molecule has 0 radical (unpaired) electrons. The smallest absolute Gasteiger partial charge is 0.277 e. The fraction of sp³-hybridized carbons (Fsp3) is 0.154. The van der Waals surface area contributed by atoms with Crippen LogP contribution in [0, 0.1) is 0 Å². The summed E-state index contributed by atoms with van der Waals surface area (Å²) in [7, 11) is 3.89. The van der Waals surface area contributed by atoms with Gasteiger partial charge in [0, 0.05) is 25.3 Å². The first kappa shape index (κ1) is 12.8. The number of hydrogen-bond acceptors (Lipinski definition) is 4. The molecule has 6 heteroatoms. The number of benzene rings is 1. The molecule has 98 valence electrons. The lowest BCUT2D eigenvalue weighted by molar-refractivity contribution is 0.0998. The van der Waals surface area contributed by atoms with Crippen molar-refractivity contribution in [1.29, 1.82) is 0 Å². The van der Waals surface area contributed by atoms with Crippen molar-refractivity contribution in [2.45, 2.75) is 0 Å². The molecule has 0 unspecified atom stereocenters. The molecular formula is C13H14N4O2. The van der Waals surface area contributed by atoms with E-state index in [2.05, 4.69) is 10.2 Å². The Morgan fingerprint density at radius 2 is 1.89 bits per heavy atom. The van der Waals surface area contributed by atoms with Gasteiger partial charge in [-0.1, -0.05) is 12.1 Å². The molecule has 6 nitrogen and oxygen atoms in total. The fourth-order valence-corrected chi connectivity index (χ4v) is 1.67. The van der Waals surface area contributed by atoms with Gasteiger partial charge < -0.3 is 10.6 Å². The first-order valence-electron chi connectivity index (χ1n) is 5.66. The minimum Gasteiger partial charge on any atom is -0.378 e. The molecule has 0 fully saturated rings. The molecular weight excluding hydrogens is 244 g/mol. The Morgan fingerprint density at radius 1 is 1.26 bits per heavy atom. The highest BCUT2D eigenvalue weighted by molar-refractivity contribution is 5.93. The highest BCUT2D eigenvalue weighted by Gasteiger charge is 2.09. The average molecular weight is 258 g/mol. The van der Waals surface area contributed by atoms with Crippen molar-refractivity contribution in [3.8, 4) is 11.3 Å². The zero-order valence-corrected chi connectivity index (χ0v) is 10.7. The van der Waals surface area contributed by atoms with Crippen LogP contribution in [0.5, 0.6) is 0 Å². The molecule has 3 N–H and O–H groups in total. The normalized spacial score (nSPS) is 10.2. The fourth-order valence-electron chi connectivity index (χ4n) is 1.67. The Bertz CT molecular complexity index is 659. The third-order valence-electron chi connectivity index (χ3n) is 2.75. The maximum Gasteiger partial charge on any atom is 0.277 e. The van der Waals surface area contributed by atoms with Crippen molar-refractivity contribution in [3.05, 3.63) is 46.2 Å². The van der Waals surface area contributed by atoms with Gasteiger partial charge in [-0.05, 0) is 18.2 Å². The first-order valence-corrected chi connectivity index (χ1v) is 5.66. The SMILES string of the molecule is CN(C)c1ccc(-c2cc(C(N)=O)c(=O)[nH]n2)cc1. The van der Waals surface area contributed by atoms with Crippen LogP contribution in [-0.2, 0) is 0 Å². The summed E-state index contributed by atoms with van der Waals surface area (Å²) in [5, 5.41) is 6.18. The lowest BCUT2D eigenvalue weighted by Crippen LogP contribution is -2.24. The number of primary amides is 1. The molecule has 1 aromatic heterocycles. The number of rotatable bonds is 3. The molecule has 0 saturated carbocycles. The summed E-state index contributed by atoms with van der Waals surface area (Å²) in [6, 6.07) is 8.96. The van der Waals surface area contributed by atoms with Crippen molar-refractivity contribution in [2.24, 2.45) is 5.73 Å². The Balaban J connectivity index is 2.44. The molecule has 0 saturated heterocycles. The highest BCUT2D eigenvalue weighted by Crippen LogP contribution is 2.20. The van der Waals surface area contributed by atoms with Crippen molar-refractivity contribution in [3.63, 3.8) is 0 Å². The minimum absolute atomic E-state index is 0.0957. The van der Waals surface area contributed by atoms with Crippen LogP contribution in [0.1, 0.15) is 10.4 Å². The molecule has 2 rings (SSSR count). The number of aromatic nitrogens is 2. The second-order valence-corrected chi connectivity index (χ2v) is 4.30. The standard InChI is InChI=1S/C13H14N4O2/c1-17(2)9-5-3-8(4-6-9)11-7-10(12(14)18)13(19)16-15-11/h3-7H,1-2H3,(H2,14,18)(H,16,19). The second kappa shape index (κ2) is 4.93. The Morgan fingerprint density at radius 3 is 2.42 bits per heavy atom. The number of nitrogens with two attached hydrogens (primary N) is 1. The third kappa shape index (κ3) is 2.62.